The summed E-state index contributed by atoms with van der Waals surface area (Å²) in [6, 6.07) is 13.1. The van der Waals surface area contributed by atoms with Crippen molar-refractivity contribution in [3.05, 3.63) is 76.0 Å². The highest BCUT2D eigenvalue weighted by Crippen LogP contribution is 2.14. The third kappa shape index (κ3) is 2.90. The summed E-state index contributed by atoms with van der Waals surface area (Å²) in [6.45, 7) is 2.19. The quantitative estimate of drug-likeness (QED) is 0.801. The van der Waals surface area contributed by atoms with Gasteiger partial charge in [-0.05, 0) is 19.1 Å². The summed E-state index contributed by atoms with van der Waals surface area (Å²) < 4.78 is 14.9. The van der Waals surface area contributed by atoms with Crippen LogP contribution >= 0.6 is 0 Å². The second-order valence-electron chi connectivity index (χ2n) is 5.29. The van der Waals surface area contributed by atoms with Crippen molar-refractivity contribution < 1.29 is 9.18 Å². The van der Waals surface area contributed by atoms with Crippen LogP contribution in [0.4, 0.5) is 4.39 Å². The predicted molar refractivity (Wildman–Crippen MR) is 89.2 cm³/mol. The summed E-state index contributed by atoms with van der Waals surface area (Å²) in [5.41, 5.74) is 0.307. The van der Waals surface area contributed by atoms with Gasteiger partial charge < -0.3 is 5.32 Å². The number of carbonyl (C=O) groups excluding carboxylic acids is 1. The van der Waals surface area contributed by atoms with Crippen molar-refractivity contribution in [3.63, 3.8) is 0 Å². The molecule has 0 saturated carbocycles. The lowest BCUT2D eigenvalue weighted by molar-refractivity contribution is 0.0945. The molecule has 24 heavy (non-hydrogen) atoms. The van der Waals surface area contributed by atoms with Gasteiger partial charge in [-0.3, -0.25) is 9.59 Å². The van der Waals surface area contributed by atoms with E-state index >= 15 is 0 Å². The summed E-state index contributed by atoms with van der Waals surface area (Å²) in [4.78, 5) is 24.8. The highest BCUT2D eigenvalue weighted by atomic mass is 19.1. The van der Waals surface area contributed by atoms with E-state index in [1.807, 2.05) is 0 Å². The van der Waals surface area contributed by atoms with E-state index in [4.69, 9.17) is 0 Å². The van der Waals surface area contributed by atoms with E-state index in [0.29, 0.717) is 22.9 Å². The van der Waals surface area contributed by atoms with Crippen LogP contribution in [0.1, 0.15) is 23.0 Å². The lowest BCUT2D eigenvalue weighted by Gasteiger charge is -2.10. The molecule has 3 aromatic rings. The SMILES string of the molecule is CCn1nc(C(=O)NCc2ccccc2F)c2ccccc2c1=O. The van der Waals surface area contributed by atoms with Gasteiger partial charge in [-0.15, -0.1) is 0 Å². The third-order valence-corrected chi connectivity index (χ3v) is 3.78. The van der Waals surface area contributed by atoms with Crippen LogP contribution in [0.15, 0.2) is 53.3 Å². The van der Waals surface area contributed by atoms with E-state index in [9.17, 15) is 14.0 Å². The number of aryl methyl sites for hydroxylation is 1. The van der Waals surface area contributed by atoms with E-state index in [1.165, 1.54) is 10.7 Å². The molecule has 0 atom stereocenters. The van der Waals surface area contributed by atoms with Crippen molar-refractivity contribution in [2.75, 3.05) is 0 Å². The molecule has 0 saturated heterocycles. The molecule has 2 aromatic carbocycles. The molecule has 0 aliphatic carbocycles. The van der Waals surface area contributed by atoms with E-state index in [2.05, 4.69) is 10.4 Å². The van der Waals surface area contributed by atoms with Crippen LogP contribution in [0.5, 0.6) is 0 Å². The van der Waals surface area contributed by atoms with Gasteiger partial charge in [-0.25, -0.2) is 9.07 Å². The van der Waals surface area contributed by atoms with E-state index in [-0.39, 0.29) is 23.6 Å². The zero-order chi connectivity index (χ0) is 17.1. The van der Waals surface area contributed by atoms with Crippen molar-refractivity contribution in [2.24, 2.45) is 0 Å². The fraction of sp³-hybridized carbons (Fsp3) is 0.167. The molecule has 0 unspecified atom stereocenters. The maximum absolute atomic E-state index is 13.7. The normalized spacial score (nSPS) is 10.8. The first-order valence-corrected chi connectivity index (χ1v) is 7.63. The van der Waals surface area contributed by atoms with Crippen molar-refractivity contribution in [1.82, 2.24) is 15.1 Å². The molecule has 1 amide bonds. The number of halogens is 1. The highest BCUT2D eigenvalue weighted by molar-refractivity contribution is 6.04. The number of amides is 1. The number of aromatic nitrogens is 2. The smallest absolute Gasteiger partial charge is 0.274 e. The van der Waals surface area contributed by atoms with E-state index < -0.39 is 5.91 Å². The number of hydrogen-bond donors (Lipinski definition) is 1. The van der Waals surface area contributed by atoms with Gasteiger partial charge in [-0.1, -0.05) is 36.4 Å². The summed E-state index contributed by atoms with van der Waals surface area (Å²) in [6.07, 6.45) is 0. The van der Waals surface area contributed by atoms with E-state index in [1.54, 1.807) is 49.4 Å². The molecule has 0 aliphatic rings. The Morgan fingerprint density at radius 1 is 1.12 bits per heavy atom. The zero-order valence-corrected chi connectivity index (χ0v) is 13.1. The molecule has 1 heterocycles. The molecule has 6 heteroatoms. The third-order valence-electron chi connectivity index (χ3n) is 3.78. The Hall–Kier alpha value is -3.02. The van der Waals surface area contributed by atoms with Crippen LogP contribution < -0.4 is 10.9 Å². The minimum atomic E-state index is -0.448. The lowest BCUT2D eigenvalue weighted by atomic mass is 10.1. The van der Waals surface area contributed by atoms with Crippen molar-refractivity contribution in [2.45, 2.75) is 20.0 Å². The number of nitrogens with zero attached hydrogens (tertiary/aromatic N) is 2. The number of benzene rings is 2. The first-order valence-electron chi connectivity index (χ1n) is 7.63. The Bertz CT molecular complexity index is 966. The zero-order valence-electron chi connectivity index (χ0n) is 13.1. The van der Waals surface area contributed by atoms with Crippen molar-refractivity contribution in [1.29, 1.82) is 0 Å². The second kappa shape index (κ2) is 6.62. The van der Waals surface area contributed by atoms with Crippen LogP contribution in [-0.4, -0.2) is 15.7 Å². The number of carbonyl (C=O) groups is 1. The minimum Gasteiger partial charge on any atom is -0.346 e. The lowest BCUT2D eigenvalue weighted by Crippen LogP contribution is -2.30. The van der Waals surface area contributed by atoms with Crippen molar-refractivity contribution in [3.8, 4) is 0 Å². The highest BCUT2D eigenvalue weighted by Gasteiger charge is 2.16. The second-order valence-corrected chi connectivity index (χ2v) is 5.29. The molecular formula is C18H16FN3O2. The molecule has 0 aliphatic heterocycles. The van der Waals surface area contributed by atoms with Crippen LogP contribution in [0.2, 0.25) is 0 Å². The minimum absolute atomic E-state index is 0.0484. The molecular weight excluding hydrogens is 309 g/mol. The van der Waals surface area contributed by atoms with Gasteiger partial charge in [0.05, 0.1) is 5.39 Å². The topological polar surface area (TPSA) is 64.0 Å². The van der Waals surface area contributed by atoms with Crippen LogP contribution in [0, 0.1) is 5.82 Å². The summed E-state index contributed by atoms with van der Waals surface area (Å²) in [5.74, 6) is -0.828. The van der Waals surface area contributed by atoms with Crippen LogP contribution in [-0.2, 0) is 13.1 Å². The summed E-state index contributed by atoms with van der Waals surface area (Å²) in [5, 5.41) is 7.73. The fourth-order valence-electron chi connectivity index (χ4n) is 2.52. The van der Waals surface area contributed by atoms with Gasteiger partial charge in [-0.2, -0.15) is 5.10 Å². The molecule has 122 valence electrons. The van der Waals surface area contributed by atoms with Gasteiger partial charge in [0.1, 0.15) is 5.82 Å². The summed E-state index contributed by atoms with van der Waals surface area (Å²) >= 11 is 0. The maximum Gasteiger partial charge on any atom is 0.274 e. The van der Waals surface area contributed by atoms with Crippen molar-refractivity contribution >= 4 is 16.7 Å². The number of hydrogen-bond acceptors (Lipinski definition) is 3. The molecule has 1 N–H and O–H groups in total. The van der Waals surface area contributed by atoms with E-state index in [0.717, 1.165) is 0 Å². The summed E-state index contributed by atoms with van der Waals surface area (Å²) in [7, 11) is 0. The number of nitrogens with one attached hydrogen (secondary N) is 1. The molecule has 0 radical (unpaired) electrons. The Balaban J connectivity index is 1.96. The van der Waals surface area contributed by atoms with Gasteiger partial charge in [0.15, 0.2) is 5.69 Å². The monoisotopic (exact) mass is 325 g/mol. The first-order chi connectivity index (χ1) is 11.6. The molecule has 1 aromatic heterocycles. The average Bonchev–Trinajstić information content (AvgIpc) is 2.61. The average molecular weight is 325 g/mol. The molecule has 0 spiro atoms. The molecule has 0 fully saturated rings. The predicted octanol–water partition coefficient (Wildman–Crippen LogP) is 2.49. The van der Waals surface area contributed by atoms with Gasteiger partial charge >= 0.3 is 0 Å². The Morgan fingerprint density at radius 2 is 1.79 bits per heavy atom. The van der Waals surface area contributed by atoms with Gasteiger partial charge in [0, 0.05) is 24.0 Å². The Kier molecular flexibility index (Phi) is 4.37. The Morgan fingerprint density at radius 3 is 2.50 bits per heavy atom. The molecule has 5 nitrogen and oxygen atoms in total. The number of rotatable bonds is 4. The van der Waals surface area contributed by atoms with Gasteiger partial charge in [0.2, 0.25) is 0 Å². The van der Waals surface area contributed by atoms with Crippen LogP contribution in [0.3, 0.4) is 0 Å². The molecule has 3 rings (SSSR count). The largest absolute Gasteiger partial charge is 0.346 e. The number of fused-ring (bicyclic) bond motifs is 1. The fourth-order valence-corrected chi connectivity index (χ4v) is 2.52. The molecule has 0 bridgehead atoms. The van der Waals surface area contributed by atoms with Gasteiger partial charge in [0.25, 0.3) is 11.5 Å². The first kappa shape index (κ1) is 15.9. The standard InChI is InChI=1S/C18H16FN3O2/c1-2-22-18(24)14-9-5-4-8-13(14)16(21-22)17(23)20-11-12-7-3-6-10-15(12)19/h3-10H,2,11H2,1H3,(H,20,23). The maximum atomic E-state index is 13.7. The Labute approximate surface area is 137 Å². The van der Waals surface area contributed by atoms with Crippen LogP contribution in [0.25, 0.3) is 10.8 Å².